The summed E-state index contributed by atoms with van der Waals surface area (Å²) < 4.78 is 0. The van der Waals surface area contributed by atoms with Gasteiger partial charge < -0.3 is 5.11 Å². The average molecular weight is 322 g/mol. The van der Waals surface area contributed by atoms with E-state index in [2.05, 4.69) is 34.3 Å². The highest BCUT2D eigenvalue weighted by Gasteiger charge is 2.32. The molecule has 0 bridgehead atoms. The molecule has 0 aliphatic carbocycles. The van der Waals surface area contributed by atoms with Crippen molar-refractivity contribution in [3.8, 4) is 9.88 Å². The van der Waals surface area contributed by atoms with Crippen LogP contribution in [0.5, 0.6) is 0 Å². The molecule has 0 unspecified atom stereocenters. The Bertz CT molecular complexity index is 551. The van der Waals surface area contributed by atoms with Crippen LogP contribution in [0.2, 0.25) is 0 Å². The summed E-state index contributed by atoms with van der Waals surface area (Å²) in [6, 6.07) is 4.20. The summed E-state index contributed by atoms with van der Waals surface area (Å²) >= 11 is 3.55. The molecule has 1 saturated heterocycles. The maximum absolute atomic E-state index is 9.60. The van der Waals surface area contributed by atoms with E-state index in [1.54, 1.807) is 22.7 Å². The van der Waals surface area contributed by atoms with Gasteiger partial charge in [-0.15, -0.1) is 22.7 Å². The summed E-state index contributed by atoms with van der Waals surface area (Å²) in [5, 5.41) is 12.8. The normalized spacial score (nSPS) is 19.0. The topological polar surface area (TPSA) is 36.4 Å². The zero-order valence-electron chi connectivity index (χ0n) is 12.4. The molecule has 3 rings (SSSR count). The van der Waals surface area contributed by atoms with Gasteiger partial charge in [0.2, 0.25) is 0 Å². The summed E-state index contributed by atoms with van der Waals surface area (Å²) in [6.45, 7) is 5.69. The molecule has 3 nitrogen and oxygen atoms in total. The maximum atomic E-state index is 9.60. The van der Waals surface area contributed by atoms with Crippen molar-refractivity contribution in [1.29, 1.82) is 0 Å². The maximum Gasteiger partial charge on any atom is 0.133 e. The van der Waals surface area contributed by atoms with E-state index < -0.39 is 0 Å². The van der Waals surface area contributed by atoms with Crippen LogP contribution < -0.4 is 0 Å². The van der Waals surface area contributed by atoms with Gasteiger partial charge in [0.25, 0.3) is 0 Å². The van der Waals surface area contributed by atoms with E-state index in [4.69, 9.17) is 0 Å². The molecular formula is C16H22N2OS2. The molecule has 3 heterocycles. The van der Waals surface area contributed by atoms with Gasteiger partial charge in [-0.1, -0.05) is 13.0 Å². The largest absolute Gasteiger partial charge is 0.396 e. The highest BCUT2D eigenvalue weighted by atomic mass is 32.1. The van der Waals surface area contributed by atoms with Gasteiger partial charge in [0.05, 0.1) is 4.88 Å². The van der Waals surface area contributed by atoms with Crippen LogP contribution in [0.4, 0.5) is 0 Å². The van der Waals surface area contributed by atoms with Gasteiger partial charge in [-0.05, 0) is 49.2 Å². The SMILES string of the molecule is CCC1(CO)CCN(Cc2cnc(-c3cccs3)s2)CC1. The Labute approximate surface area is 134 Å². The molecule has 0 saturated carbocycles. The minimum absolute atomic E-state index is 0.173. The van der Waals surface area contributed by atoms with Crippen molar-refractivity contribution in [1.82, 2.24) is 9.88 Å². The molecule has 21 heavy (non-hydrogen) atoms. The van der Waals surface area contributed by atoms with Crippen molar-refractivity contribution in [3.05, 3.63) is 28.6 Å². The van der Waals surface area contributed by atoms with Crippen molar-refractivity contribution in [3.63, 3.8) is 0 Å². The van der Waals surface area contributed by atoms with E-state index in [-0.39, 0.29) is 5.41 Å². The number of aliphatic hydroxyl groups excluding tert-OH is 1. The van der Waals surface area contributed by atoms with Crippen LogP contribution in [0.3, 0.4) is 0 Å². The Morgan fingerprint density at radius 1 is 1.38 bits per heavy atom. The molecule has 0 aromatic carbocycles. The van der Waals surface area contributed by atoms with Crippen LogP contribution in [0.15, 0.2) is 23.7 Å². The van der Waals surface area contributed by atoms with Crippen LogP contribution in [0, 0.1) is 5.41 Å². The second-order valence-corrected chi connectivity index (χ2v) is 7.96. The third kappa shape index (κ3) is 3.37. The lowest BCUT2D eigenvalue weighted by Gasteiger charge is -2.40. The van der Waals surface area contributed by atoms with Gasteiger partial charge in [0.15, 0.2) is 0 Å². The highest BCUT2D eigenvalue weighted by Crippen LogP contribution is 2.35. The summed E-state index contributed by atoms with van der Waals surface area (Å²) in [5.41, 5.74) is 0.173. The molecule has 0 atom stereocenters. The van der Waals surface area contributed by atoms with Crippen molar-refractivity contribution < 1.29 is 5.11 Å². The number of nitrogens with zero attached hydrogens (tertiary/aromatic N) is 2. The van der Waals surface area contributed by atoms with Crippen LogP contribution >= 0.6 is 22.7 Å². The minimum Gasteiger partial charge on any atom is -0.396 e. The zero-order valence-corrected chi connectivity index (χ0v) is 14.1. The molecule has 0 amide bonds. The number of hydrogen-bond donors (Lipinski definition) is 1. The first-order valence-electron chi connectivity index (χ1n) is 7.56. The Hall–Kier alpha value is -0.750. The number of thiazole rings is 1. The molecule has 0 radical (unpaired) electrons. The second kappa shape index (κ2) is 6.57. The van der Waals surface area contributed by atoms with Crippen molar-refractivity contribution in [2.75, 3.05) is 19.7 Å². The quantitative estimate of drug-likeness (QED) is 0.908. The summed E-state index contributed by atoms with van der Waals surface area (Å²) in [6.07, 6.45) is 5.32. The fourth-order valence-electron chi connectivity index (χ4n) is 2.92. The van der Waals surface area contributed by atoms with E-state index in [1.165, 1.54) is 9.75 Å². The molecule has 1 aliphatic heterocycles. The number of likely N-dealkylation sites (tertiary alicyclic amines) is 1. The van der Waals surface area contributed by atoms with Crippen LogP contribution in [0.25, 0.3) is 9.88 Å². The van der Waals surface area contributed by atoms with Gasteiger partial charge in [-0.25, -0.2) is 4.98 Å². The molecule has 1 aliphatic rings. The fourth-order valence-corrected chi connectivity index (χ4v) is 4.68. The third-order valence-corrected chi connectivity index (χ3v) is 6.69. The number of thiophene rings is 1. The highest BCUT2D eigenvalue weighted by molar-refractivity contribution is 7.20. The molecule has 1 N–H and O–H groups in total. The first kappa shape index (κ1) is 15.2. The standard InChI is InChI=1S/C16H22N2OS2/c1-2-16(12-19)5-7-18(8-6-16)11-13-10-17-15(21-13)14-4-3-9-20-14/h3-4,9-10,19H,2,5-8,11-12H2,1H3. The molecule has 0 spiro atoms. The number of hydrogen-bond acceptors (Lipinski definition) is 5. The lowest BCUT2D eigenvalue weighted by molar-refractivity contribution is 0.0385. The second-order valence-electron chi connectivity index (χ2n) is 5.90. The smallest absolute Gasteiger partial charge is 0.133 e. The molecule has 1 fully saturated rings. The Kier molecular flexibility index (Phi) is 4.74. The molecule has 2 aromatic rings. The number of rotatable bonds is 5. The van der Waals surface area contributed by atoms with E-state index in [1.807, 2.05) is 6.20 Å². The van der Waals surface area contributed by atoms with Gasteiger partial charge in [-0.3, -0.25) is 4.90 Å². The number of aromatic nitrogens is 1. The summed E-state index contributed by atoms with van der Waals surface area (Å²) in [5.74, 6) is 0. The van der Waals surface area contributed by atoms with Crippen LogP contribution in [0.1, 0.15) is 31.1 Å². The van der Waals surface area contributed by atoms with E-state index in [0.29, 0.717) is 6.61 Å². The van der Waals surface area contributed by atoms with Crippen molar-refractivity contribution >= 4 is 22.7 Å². The molecular weight excluding hydrogens is 300 g/mol. The fraction of sp³-hybridized carbons (Fsp3) is 0.562. The summed E-state index contributed by atoms with van der Waals surface area (Å²) in [4.78, 5) is 9.64. The molecule has 2 aromatic heterocycles. The monoisotopic (exact) mass is 322 g/mol. The van der Waals surface area contributed by atoms with Gasteiger partial charge in [0, 0.05) is 24.2 Å². The molecule has 5 heteroatoms. The van der Waals surface area contributed by atoms with Crippen LogP contribution in [-0.4, -0.2) is 34.7 Å². The Morgan fingerprint density at radius 3 is 2.81 bits per heavy atom. The predicted molar refractivity (Wildman–Crippen MR) is 89.7 cm³/mol. The van der Waals surface area contributed by atoms with Gasteiger partial charge >= 0.3 is 0 Å². The lowest BCUT2D eigenvalue weighted by atomic mass is 9.77. The van der Waals surface area contributed by atoms with Gasteiger partial charge in [0.1, 0.15) is 5.01 Å². The summed E-state index contributed by atoms with van der Waals surface area (Å²) in [7, 11) is 0. The van der Waals surface area contributed by atoms with Crippen LogP contribution in [-0.2, 0) is 6.54 Å². The van der Waals surface area contributed by atoms with E-state index in [9.17, 15) is 5.11 Å². The van der Waals surface area contributed by atoms with E-state index >= 15 is 0 Å². The first-order valence-corrected chi connectivity index (χ1v) is 9.26. The molecule has 114 valence electrons. The predicted octanol–water partition coefficient (Wildman–Crippen LogP) is 3.86. The van der Waals surface area contributed by atoms with E-state index in [0.717, 1.165) is 43.9 Å². The van der Waals surface area contributed by atoms with Gasteiger partial charge in [-0.2, -0.15) is 0 Å². The third-order valence-electron chi connectivity index (χ3n) is 4.67. The average Bonchev–Trinajstić information content (AvgIpc) is 3.19. The number of aliphatic hydroxyl groups is 1. The first-order chi connectivity index (χ1) is 10.2. The van der Waals surface area contributed by atoms with Crippen molar-refractivity contribution in [2.24, 2.45) is 5.41 Å². The Morgan fingerprint density at radius 2 is 2.19 bits per heavy atom. The number of piperidine rings is 1. The zero-order chi connectivity index (χ0) is 14.7. The minimum atomic E-state index is 0.173. The Balaban J connectivity index is 1.59. The van der Waals surface area contributed by atoms with Crippen molar-refractivity contribution in [2.45, 2.75) is 32.7 Å². The lowest BCUT2D eigenvalue weighted by Crippen LogP contribution is -2.41.